The quantitative estimate of drug-likeness (QED) is 0.783. The molecule has 0 aliphatic carbocycles. The molecule has 0 N–H and O–H groups in total. The zero-order valence-electron chi connectivity index (χ0n) is 10.7. The molecule has 1 heterocycles. The predicted molar refractivity (Wildman–Crippen MR) is 71.1 cm³/mol. The Hall–Kier alpha value is -1.55. The number of hydrogen-bond donors (Lipinski definition) is 0. The van der Waals surface area contributed by atoms with Crippen LogP contribution < -0.4 is 0 Å². The van der Waals surface area contributed by atoms with Crippen LogP contribution in [0.3, 0.4) is 0 Å². The maximum atomic E-state index is 13.3. The minimum Gasteiger partial charge on any atom is -0.233 e. The lowest BCUT2D eigenvalue weighted by atomic mass is 10.1. The van der Waals surface area contributed by atoms with Gasteiger partial charge in [-0.25, -0.2) is 18.7 Å². The zero-order valence-corrected chi connectivity index (χ0v) is 11.4. The zero-order chi connectivity index (χ0) is 14.0. The molecule has 2 nitrogen and oxygen atoms in total. The third kappa shape index (κ3) is 3.07. The molecule has 0 radical (unpaired) electrons. The molecule has 1 aromatic heterocycles. The highest BCUT2D eigenvalue weighted by Crippen LogP contribution is 2.27. The predicted octanol–water partition coefficient (Wildman–Crippen LogP) is 4.34. The third-order valence-electron chi connectivity index (χ3n) is 2.74. The van der Waals surface area contributed by atoms with Gasteiger partial charge in [-0.15, -0.1) is 0 Å². The van der Waals surface area contributed by atoms with Crippen molar-refractivity contribution in [2.75, 3.05) is 0 Å². The maximum Gasteiger partial charge on any atom is 0.136 e. The van der Waals surface area contributed by atoms with E-state index in [9.17, 15) is 8.78 Å². The molecule has 100 valence electrons. The van der Waals surface area contributed by atoms with Crippen molar-refractivity contribution in [1.29, 1.82) is 0 Å². The number of hydrogen-bond acceptors (Lipinski definition) is 2. The van der Waals surface area contributed by atoms with Crippen LogP contribution in [0.5, 0.6) is 0 Å². The standard InChI is InChI=1S/C14H13ClF2N2/c1-3-4-12-18-13(8(2)14(15)19-12)9-5-10(16)7-11(17)6-9/h5-7H,3-4H2,1-2H3. The molecule has 5 heteroatoms. The molecule has 0 aliphatic heterocycles. The van der Waals surface area contributed by atoms with Gasteiger partial charge in [0.25, 0.3) is 0 Å². The van der Waals surface area contributed by atoms with Crippen LogP contribution in [-0.4, -0.2) is 9.97 Å². The first-order valence-corrected chi connectivity index (χ1v) is 6.38. The van der Waals surface area contributed by atoms with Crippen LogP contribution in [-0.2, 0) is 6.42 Å². The molecule has 0 atom stereocenters. The molecule has 0 saturated carbocycles. The minimum absolute atomic E-state index is 0.318. The highest BCUT2D eigenvalue weighted by atomic mass is 35.5. The monoisotopic (exact) mass is 282 g/mol. The van der Waals surface area contributed by atoms with E-state index in [0.29, 0.717) is 34.2 Å². The summed E-state index contributed by atoms with van der Waals surface area (Å²) in [6.45, 7) is 3.73. The molecule has 0 unspecified atom stereocenters. The molecule has 0 spiro atoms. The van der Waals surface area contributed by atoms with E-state index in [1.54, 1.807) is 6.92 Å². The Balaban J connectivity index is 2.59. The molecular formula is C14H13ClF2N2. The van der Waals surface area contributed by atoms with E-state index < -0.39 is 11.6 Å². The molecule has 2 rings (SSSR count). The third-order valence-corrected chi connectivity index (χ3v) is 3.11. The van der Waals surface area contributed by atoms with Crippen LogP contribution in [0.4, 0.5) is 8.78 Å². The van der Waals surface area contributed by atoms with Gasteiger partial charge in [0.2, 0.25) is 0 Å². The second-order valence-electron chi connectivity index (χ2n) is 4.31. The van der Waals surface area contributed by atoms with Crippen molar-refractivity contribution < 1.29 is 8.78 Å². The molecule has 19 heavy (non-hydrogen) atoms. The van der Waals surface area contributed by atoms with E-state index >= 15 is 0 Å². The van der Waals surface area contributed by atoms with E-state index in [2.05, 4.69) is 9.97 Å². The lowest BCUT2D eigenvalue weighted by Gasteiger charge is -2.09. The average molecular weight is 283 g/mol. The van der Waals surface area contributed by atoms with Gasteiger partial charge in [0.15, 0.2) is 0 Å². The Bertz CT molecular complexity index is 594. The van der Waals surface area contributed by atoms with E-state index in [1.807, 2.05) is 6.92 Å². The molecule has 0 amide bonds. The van der Waals surface area contributed by atoms with Gasteiger partial charge in [-0.2, -0.15) is 0 Å². The summed E-state index contributed by atoms with van der Waals surface area (Å²) < 4.78 is 26.6. The summed E-state index contributed by atoms with van der Waals surface area (Å²) in [4.78, 5) is 8.51. The van der Waals surface area contributed by atoms with Crippen molar-refractivity contribution >= 4 is 11.6 Å². The molecule has 0 aliphatic rings. The molecule has 1 aromatic carbocycles. The van der Waals surface area contributed by atoms with E-state index in [4.69, 9.17) is 11.6 Å². The Morgan fingerprint density at radius 3 is 2.32 bits per heavy atom. The number of nitrogens with zero attached hydrogens (tertiary/aromatic N) is 2. The average Bonchev–Trinajstić information content (AvgIpc) is 2.32. The lowest BCUT2D eigenvalue weighted by Crippen LogP contribution is -2.01. The Morgan fingerprint density at radius 1 is 1.11 bits per heavy atom. The lowest BCUT2D eigenvalue weighted by molar-refractivity contribution is 0.584. The van der Waals surface area contributed by atoms with Crippen LogP contribution in [0, 0.1) is 18.6 Å². The summed E-state index contributed by atoms with van der Waals surface area (Å²) >= 11 is 6.05. The van der Waals surface area contributed by atoms with Crippen LogP contribution in [0.2, 0.25) is 5.15 Å². The van der Waals surface area contributed by atoms with Crippen LogP contribution in [0.1, 0.15) is 24.7 Å². The molecule has 0 bridgehead atoms. The molecule has 0 saturated heterocycles. The fraction of sp³-hybridized carbons (Fsp3) is 0.286. The Morgan fingerprint density at radius 2 is 1.74 bits per heavy atom. The second-order valence-corrected chi connectivity index (χ2v) is 4.67. The second kappa shape index (κ2) is 5.61. The summed E-state index contributed by atoms with van der Waals surface area (Å²) in [7, 11) is 0. The van der Waals surface area contributed by atoms with Crippen LogP contribution >= 0.6 is 11.6 Å². The van der Waals surface area contributed by atoms with Crippen LogP contribution in [0.15, 0.2) is 18.2 Å². The Kier molecular flexibility index (Phi) is 4.10. The summed E-state index contributed by atoms with van der Waals surface area (Å²) in [5, 5.41) is 0.318. The van der Waals surface area contributed by atoms with Crippen molar-refractivity contribution in [1.82, 2.24) is 9.97 Å². The summed E-state index contributed by atoms with van der Waals surface area (Å²) in [5.41, 5.74) is 1.46. The Labute approximate surface area is 115 Å². The minimum atomic E-state index is -0.638. The fourth-order valence-electron chi connectivity index (χ4n) is 1.84. The van der Waals surface area contributed by atoms with Gasteiger partial charge in [0.05, 0.1) is 5.69 Å². The van der Waals surface area contributed by atoms with Gasteiger partial charge in [-0.3, -0.25) is 0 Å². The van der Waals surface area contributed by atoms with Crippen molar-refractivity contribution in [2.24, 2.45) is 0 Å². The van der Waals surface area contributed by atoms with Gasteiger partial charge in [0, 0.05) is 23.6 Å². The van der Waals surface area contributed by atoms with Crippen LogP contribution in [0.25, 0.3) is 11.3 Å². The maximum absolute atomic E-state index is 13.3. The van der Waals surface area contributed by atoms with Crippen molar-refractivity contribution in [2.45, 2.75) is 26.7 Å². The number of aryl methyl sites for hydroxylation is 1. The van der Waals surface area contributed by atoms with Gasteiger partial charge in [-0.1, -0.05) is 18.5 Å². The number of halogens is 3. The smallest absolute Gasteiger partial charge is 0.136 e. The molecular weight excluding hydrogens is 270 g/mol. The van der Waals surface area contributed by atoms with Crippen molar-refractivity contribution in [3.05, 3.63) is 46.4 Å². The molecule has 0 fully saturated rings. The highest BCUT2D eigenvalue weighted by Gasteiger charge is 2.12. The first-order valence-electron chi connectivity index (χ1n) is 6.00. The SMILES string of the molecule is CCCc1nc(Cl)c(C)c(-c2cc(F)cc(F)c2)n1. The highest BCUT2D eigenvalue weighted by molar-refractivity contribution is 6.30. The first-order chi connectivity index (χ1) is 9.01. The largest absolute Gasteiger partial charge is 0.233 e. The fourth-order valence-corrected chi connectivity index (χ4v) is 2.03. The summed E-state index contributed by atoms with van der Waals surface area (Å²) in [6, 6.07) is 3.31. The van der Waals surface area contributed by atoms with Gasteiger partial charge in [0.1, 0.15) is 22.6 Å². The molecule has 2 aromatic rings. The number of benzene rings is 1. The van der Waals surface area contributed by atoms with Gasteiger partial charge in [-0.05, 0) is 25.5 Å². The summed E-state index contributed by atoms with van der Waals surface area (Å²) in [6.07, 6.45) is 1.54. The first kappa shape index (κ1) is 13.9. The number of aromatic nitrogens is 2. The van der Waals surface area contributed by atoms with E-state index in [1.165, 1.54) is 12.1 Å². The topological polar surface area (TPSA) is 25.8 Å². The van der Waals surface area contributed by atoms with Gasteiger partial charge < -0.3 is 0 Å². The number of rotatable bonds is 3. The summed E-state index contributed by atoms with van der Waals surface area (Å²) in [5.74, 6) is -0.694. The van der Waals surface area contributed by atoms with Crippen molar-refractivity contribution in [3.63, 3.8) is 0 Å². The van der Waals surface area contributed by atoms with E-state index in [0.717, 1.165) is 12.5 Å². The normalized spacial score (nSPS) is 10.8. The van der Waals surface area contributed by atoms with Gasteiger partial charge >= 0.3 is 0 Å². The van der Waals surface area contributed by atoms with Crippen molar-refractivity contribution in [3.8, 4) is 11.3 Å². The van der Waals surface area contributed by atoms with E-state index in [-0.39, 0.29) is 0 Å².